The lowest BCUT2D eigenvalue weighted by Gasteiger charge is -2.23. The first-order valence-electron chi connectivity index (χ1n) is 7.02. The third-order valence-electron chi connectivity index (χ3n) is 4.88. The molecular formula is C17H18Si. The van der Waals surface area contributed by atoms with Crippen molar-refractivity contribution in [3.05, 3.63) is 48.0 Å². The maximum atomic E-state index is 2.45. The average Bonchev–Trinajstić information content (AvgIpc) is 2.97. The molecule has 0 N–H and O–H groups in total. The van der Waals surface area contributed by atoms with Crippen molar-refractivity contribution >= 4 is 18.4 Å². The molecule has 0 bridgehead atoms. The number of rotatable bonds is 0. The summed E-state index contributed by atoms with van der Waals surface area (Å²) in [5.41, 5.74) is 4.50. The number of aryl methyl sites for hydroxylation is 1. The molecule has 18 heavy (non-hydrogen) atoms. The second kappa shape index (κ2) is 3.58. The second-order valence-electron chi connectivity index (χ2n) is 5.88. The standard InChI is InChI=1S/C17H18Si/c1-13-8-9-17-15(12-13)14-6-2-3-7-16(14)18(17)10-4-5-11-18/h2-3,6-9,12H,4-5,10-11H2,1H3. The van der Waals surface area contributed by atoms with Gasteiger partial charge in [-0.25, -0.2) is 0 Å². The number of benzene rings is 2. The normalized spacial score (nSPS) is 18.9. The Labute approximate surface area is 110 Å². The van der Waals surface area contributed by atoms with Crippen LogP contribution >= 0.6 is 0 Å². The smallest absolute Gasteiger partial charge is 0.0623 e. The Hall–Kier alpha value is -1.34. The van der Waals surface area contributed by atoms with Crippen LogP contribution in [-0.2, 0) is 0 Å². The fourth-order valence-corrected chi connectivity index (χ4v) is 9.69. The maximum Gasteiger partial charge on any atom is 0.119 e. The highest BCUT2D eigenvalue weighted by atomic mass is 28.3. The molecular weight excluding hydrogens is 232 g/mol. The van der Waals surface area contributed by atoms with Crippen molar-refractivity contribution in [3.8, 4) is 11.1 Å². The molecule has 0 atom stereocenters. The molecule has 0 radical (unpaired) electrons. The quantitative estimate of drug-likeness (QED) is 0.629. The lowest BCUT2D eigenvalue weighted by molar-refractivity contribution is 0.935. The predicted octanol–water partition coefficient (Wildman–Crippen LogP) is 3.33. The summed E-state index contributed by atoms with van der Waals surface area (Å²) in [6, 6.07) is 19.3. The third kappa shape index (κ3) is 1.20. The molecule has 0 amide bonds. The minimum Gasteiger partial charge on any atom is -0.0623 e. The van der Waals surface area contributed by atoms with Crippen LogP contribution in [-0.4, -0.2) is 8.07 Å². The number of hydrogen-bond donors (Lipinski definition) is 0. The van der Waals surface area contributed by atoms with Crippen LogP contribution < -0.4 is 10.4 Å². The van der Waals surface area contributed by atoms with Crippen molar-refractivity contribution in [2.24, 2.45) is 0 Å². The lowest BCUT2D eigenvalue weighted by Crippen LogP contribution is -2.52. The summed E-state index contributed by atoms with van der Waals surface area (Å²) < 4.78 is 0. The zero-order valence-corrected chi connectivity index (χ0v) is 11.9. The first-order chi connectivity index (χ1) is 8.81. The van der Waals surface area contributed by atoms with Gasteiger partial charge in [0.15, 0.2) is 0 Å². The van der Waals surface area contributed by atoms with Gasteiger partial charge in [-0.2, -0.15) is 0 Å². The van der Waals surface area contributed by atoms with Crippen molar-refractivity contribution in [2.45, 2.75) is 31.9 Å². The van der Waals surface area contributed by atoms with Gasteiger partial charge in [0.1, 0.15) is 8.07 Å². The summed E-state index contributed by atoms with van der Waals surface area (Å²) in [5.74, 6) is 0. The maximum absolute atomic E-state index is 2.45. The lowest BCUT2D eigenvalue weighted by atomic mass is 10.0. The van der Waals surface area contributed by atoms with Gasteiger partial charge in [-0.3, -0.25) is 0 Å². The fourth-order valence-electron chi connectivity index (χ4n) is 4.10. The summed E-state index contributed by atoms with van der Waals surface area (Å²) in [6.45, 7) is 2.21. The Balaban J connectivity index is 2.08. The van der Waals surface area contributed by atoms with E-state index < -0.39 is 8.07 Å². The van der Waals surface area contributed by atoms with Gasteiger partial charge in [0.25, 0.3) is 0 Å². The molecule has 2 aliphatic rings. The van der Waals surface area contributed by atoms with E-state index in [9.17, 15) is 0 Å². The summed E-state index contributed by atoms with van der Waals surface area (Å²) in [5, 5.41) is 3.45. The monoisotopic (exact) mass is 250 g/mol. The third-order valence-corrected chi connectivity index (χ3v) is 10.2. The molecule has 90 valence electrons. The molecule has 1 fully saturated rings. The Morgan fingerprint density at radius 2 is 1.56 bits per heavy atom. The largest absolute Gasteiger partial charge is 0.119 e. The fraction of sp³-hybridized carbons (Fsp3) is 0.294. The van der Waals surface area contributed by atoms with E-state index in [1.54, 1.807) is 21.5 Å². The summed E-state index contributed by atoms with van der Waals surface area (Å²) in [7, 11) is -1.33. The molecule has 2 heterocycles. The number of fused-ring (bicyclic) bond motifs is 5. The van der Waals surface area contributed by atoms with Gasteiger partial charge in [-0.15, -0.1) is 0 Å². The summed E-state index contributed by atoms with van der Waals surface area (Å²) >= 11 is 0. The van der Waals surface area contributed by atoms with Crippen molar-refractivity contribution in [3.63, 3.8) is 0 Å². The van der Waals surface area contributed by atoms with Crippen molar-refractivity contribution in [1.82, 2.24) is 0 Å². The van der Waals surface area contributed by atoms with Gasteiger partial charge < -0.3 is 0 Å². The molecule has 0 nitrogen and oxygen atoms in total. The van der Waals surface area contributed by atoms with Gasteiger partial charge in [-0.05, 0) is 40.5 Å². The molecule has 0 unspecified atom stereocenters. The highest BCUT2D eigenvalue weighted by Crippen LogP contribution is 2.38. The average molecular weight is 250 g/mol. The first kappa shape index (κ1) is 10.6. The zero-order valence-electron chi connectivity index (χ0n) is 10.9. The van der Waals surface area contributed by atoms with Gasteiger partial charge in [-0.1, -0.05) is 60.9 Å². The van der Waals surface area contributed by atoms with E-state index in [4.69, 9.17) is 0 Å². The van der Waals surface area contributed by atoms with Crippen LogP contribution in [0.25, 0.3) is 11.1 Å². The molecule has 0 aliphatic carbocycles. The first-order valence-corrected chi connectivity index (χ1v) is 9.44. The van der Waals surface area contributed by atoms with E-state index in [1.165, 1.54) is 30.5 Å². The highest BCUT2D eigenvalue weighted by molar-refractivity contribution is 7.05. The highest BCUT2D eigenvalue weighted by Gasteiger charge is 2.46. The van der Waals surface area contributed by atoms with Crippen LogP contribution in [0.4, 0.5) is 0 Å². The van der Waals surface area contributed by atoms with E-state index in [2.05, 4.69) is 49.4 Å². The molecule has 4 rings (SSSR count). The Morgan fingerprint density at radius 1 is 0.833 bits per heavy atom. The van der Waals surface area contributed by atoms with Crippen LogP contribution in [0.15, 0.2) is 42.5 Å². The van der Waals surface area contributed by atoms with Crippen molar-refractivity contribution in [1.29, 1.82) is 0 Å². The molecule has 0 aromatic heterocycles. The molecule has 1 spiro atoms. The minimum atomic E-state index is -1.33. The van der Waals surface area contributed by atoms with E-state index in [1.807, 2.05) is 0 Å². The van der Waals surface area contributed by atoms with Crippen LogP contribution in [0.1, 0.15) is 18.4 Å². The van der Waals surface area contributed by atoms with Gasteiger partial charge in [0.2, 0.25) is 0 Å². The Kier molecular flexibility index (Phi) is 2.10. The molecule has 2 aromatic rings. The zero-order chi connectivity index (χ0) is 12.2. The molecule has 1 saturated heterocycles. The molecule has 0 saturated carbocycles. The Bertz CT molecular complexity index is 621. The topological polar surface area (TPSA) is 0 Å². The van der Waals surface area contributed by atoms with E-state index in [-0.39, 0.29) is 0 Å². The van der Waals surface area contributed by atoms with Crippen molar-refractivity contribution < 1.29 is 0 Å². The van der Waals surface area contributed by atoms with Gasteiger partial charge in [0, 0.05) is 0 Å². The minimum absolute atomic E-state index is 1.33. The second-order valence-corrected chi connectivity index (χ2v) is 10.1. The van der Waals surface area contributed by atoms with Crippen LogP contribution in [0.2, 0.25) is 12.1 Å². The van der Waals surface area contributed by atoms with Gasteiger partial charge in [0.05, 0.1) is 0 Å². The Morgan fingerprint density at radius 3 is 2.39 bits per heavy atom. The van der Waals surface area contributed by atoms with E-state index >= 15 is 0 Å². The van der Waals surface area contributed by atoms with E-state index in [0.29, 0.717) is 0 Å². The SMILES string of the molecule is Cc1ccc2c(c1)-c1ccccc1[Si]21CCCC1. The van der Waals surface area contributed by atoms with E-state index in [0.717, 1.165) is 0 Å². The summed E-state index contributed by atoms with van der Waals surface area (Å²) in [6.07, 6.45) is 2.88. The molecule has 2 aromatic carbocycles. The molecule has 1 heteroatoms. The van der Waals surface area contributed by atoms with Gasteiger partial charge >= 0.3 is 0 Å². The van der Waals surface area contributed by atoms with Crippen LogP contribution in [0.3, 0.4) is 0 Å². The van der Waals surface area contributed by atoms with Crippen molar-refractivity contribution in [2.75, 3.05) is 0 Å². The number of hydrogen-bond acceptors (Lipinski definition) is 0. The van der Waals surface area contributed by atoms with Crippen LogP contribution in [0, 0.1) is 6.92 Å². The molecule has 2 aliphatic heterocycles. The summed E-state index contributed by atoms with van der Waals surface area (Å²) in [4.78, 5) is 0. The predicted molar refractivity (Wildman–Crippen MR) is 80.5 cm³/mol. The van der Waals surface area contributed by atoms with Crippen LogP contribution in [0.5, 0.6) is 0 Å².